The summed E-state index contributed by atoms with van der Waals surface area (Å²) < 4.78 is 22.1. The van der Waals surface area contributed by atoms with E-state index in [1.807, 2.05) is 32.9 Å². The first-order valence-electron chi connectivity index (χ1n) is 12.6. The van der Waals surface area contributed by atoms with Crippen molar-refractivity contribution in [3.05, 3.63) is 52.2 Å². The van der Waals surface area contributed by atoms with Gasteiger partial charge in [-0.05, 0) is 62.7 Å². The molecule has 0 amide bonds. The Labute approximate surface area is 239 Å². The highest BCUT2D eigenvalue weighted by molar-refractivity contribution is 7.99. The van der Waals surface area contributed by atoms with Gasteiger partial charge in [0.2, 0.25) is 0 Å². The molecule has 1 aromatic heterocycles. The van der Waals surface area contributed by atoms with Gasteiger partial charge in [0, 0.05) is 33.6 Å². The summed E-state index contributed by atoms with van der Waals surface area (Å²) in [6.07, 6.45) is 1.80. The molecule has 0 saturated heterocycles. The molecule has 1 atom stereocenters. The molecule has 2 rings (SSSR count). The minimum Gasteiger partial charge on any atom is -0.598 e. The minimum atomic E-state index is -1.92. The first-order valence-corrected chi connectivity index (χ1v) is 21.3. The van der Waals surface area contributed by atoms with Gasteiger partial charge in [-0.15, -0.1) is 10.3 Å². The molecular weight excluding hydrogens is 552 g/mol. The number of nitrogens with one attached hydrogen (secondary N) is 1. The normalized spacial score (nSPS) is 13.8. The summed E-state index contributed by atoms with van der Waals surface area (Å²) >= 11 is 7.19. The molecule has 0 aliphatic carbocycles. The maximum atomic E-state index is 12.8. The van der Waals surface area contributed by atoms with Crippen molar-refractivity contribution < 1.29 is 8.98 Å². The molecule has 0 saturated carbocycles. The van der Waals surface area contributed by atoms with Gasteiger partial charge in [0.05, 0.1) is 18.2 Å². The highest BCUT2D eigenvalue weighted by atomic mass is 35.5. The second-order valence-corrected chi connectivity index (χ2v) is 25.8. The zero-order chi connectivity index (χ0) is 28.2. The average Bonchev–Trinajstić information content (AvgIpc) is 2.75. The number of rotatable bonds is 8. The summed E-state index contributed by atoms with van der Waals surface area (Å²) in [5.74, 6) is 3.32. The first kappa shape index (κ1) is 32.4. The van der Waals surface area contributed by atoms with Gasteiger partial charge >= 0.3 is 0 Å². The van der Waals surface area contributed by atoms with Crippen LogP contribution in [0.3, 0.4) is 0 Å². The number of benzene rings is 1. The lowest BCUT2D eigenvalue weighted by atomic mass is 10.1. The summed E-state index contributed by atoms with van der Waals surface area (Å²) in [5.41, 5.74) is 6.28. The van der Waals surface area contributed by atoms with Gasteiger partial charge < -0.3 is 8.98 Å². The third-order valence-electron chi connectivity index (χ3n) is 6.10. The standard InChI is InChI=1S/C28H43ClN2O2S2Si2/c1-27(2,3)35(32)31-19-23-17-21(14-16-36(7,8)9)18-24(29)25(23)34-26-22(13-12-15-30-26)20-33-37(10,11)28(4,5)6/h12-13,15,17-18,31H,19-20H2,1-11H3. The molecule has 1 N–H and O–H groups in total. The molecular formula is C28H43ClN2O2S2Si2. The van der Waals surface area contributed by atoms with Crippen LogP contribution in [0.4, 0.5) is 0 Å². The fraction of sp³-hybridized carbons (Fsp3) is 0.536. The largest absolute Gasteiger partial charge is 0.598 e. The van der Waals surface area contributed by atoms with Crippen molar-refractivity contribution in [2.24, 2.45) is 0 Å². The van der Waals surface area contributed by atoms with Crippen molar-refractivity contribution >= 4 is 51.1 Å². The van der Waals surface area contributed by atoms with E-state index in [0.29, 0.717) is 18.2 Å². The molecule has 37 heavy (non-hydrogen) atoms. The van der Waals surface area contributed by atoms with Crippen LogP contribution in [0.25, 0.3) is 0 Å². The van der Waals surface area contributed by atoms with Gasteiger partial charge in [0.25, 0.3) is 0 Å². The van der Waals surface area contributed by atoms with Crippen LogP contribution in [0.15, 0.2) is 40.4 Å². The van der Waals surface area contributed by atoms with Crippen LogP contribution in [-0.4, -0.2) is 30.7 Å². The SMILES string of the molecule is CC(C)(C)[S+]([O-])NCc1cc(C#C[Si](C)(C)C)cc(Cl)c1Sc1ncccc1CO[Si](C)(C)C(C)(C)C. The van der Waals surface area contributed by atoms with E-state index in [-0.39, 0.29) is 9.79 Å². The first-order chi connectivity index (χ1) is 16.8. The third-order valence-corrected chi connectivity index (χ3v) is 14.6. The van der Waals surface area contributed by atoms with Gasteiger partial charge in [-0.25, -0.2) is 4.98 Å². The van der Waals surface area contributed by atoms with Crippen LogP contribution < -0.4 is 4.72 Å². The number of halogens is 1. The molecule has 9 heteroatoms. The van der Waals surface area contributed by atoms with Crippen LogP contribution in [0.1, 0.15) is 58.2 Å². The molecule has 4 nitrogen and oxygen atoms in total. The highest BCUT2D eigenvalue weighted by Crippen LogP contribution is 2.40. The zero-order valence-corrected chi connectivity index (χ0v) is 28.6. The summed E-state index contributed by atoms with van der Waals surface area (Å²) in [6, 6.07) is 8.00. The molecule has 2 aromatic rings. The minimum absolute atomic E-state index is 0.125. The van der Waals surface area contributed by atoms with Crippen molar-refractivity contribution in [3.63, 3.8) is 0 Å². The van der Waals surface area contributed by atoms with E-state index >= 15 is 0 Å². The van der Waals surface area contributed by atoms with E-state index < -0.39 is 27.8 Å². The summed E-state index contributed by atoms with van der Waals surface area (Å²) in [5, 5.41) is 1.61. The predicted molar refractivity (Wildman–Crippen MR) is 167 cm³/mol. The Hall–Kier alpha value is -0.766. The number of hydrogen-bond donors (Lipinski definition) is 1. The Morgan fingerprint density at radius 1 is 1.08 bits per heavy atom. The number of aromatic nitrogens is 1. The van der Waals surface area contributed by atoms with Crippen LogP contribution in [0, 0.1) is 11.5 Å². The Morgan fingerprint density at radius 3 is 2.30 bits per heavy atom. The van der Waals surface area contributed by atoms with Gasteiger partial charge in [0.1, 0.15) is 17.8 Å². The van der Waals surface area contributed by atoms with E-state index in [4.69, 9.17) is 16.0 Å². The molecule has 1 heterocycles. The predicted octanol–water partition coefficient (Wildman–Crippen LogP) is 8.19. The Morgan fingerprint density at radius 2 is 1.73 bits per heavy atom. The Bertz CT molecular complexity index is 1140. The number of nitrogens with zero attached hydrogens (tertiary/aromatic N) is 1. The van der Waals surface area contributed by atoms with Crippen molar-refractivity contribution in [2.75, 3.05) is 0 Å². The highest BCUT2D eigenvalue weighted by Gasteiger charge is 2.37. The van der Waals surface area contributed by atoms with Crippen molar-refractivity contribution in [3.8, 4) is 11.5 Å². The Balaban J connectivity index is 2.45. The second kappa shape index (κ2) is 12.6. The molecule has 204 valence electrons. The van der Waals surface area contributed by atoms with E-state index in [1.165, 1.54) is 11.8 Å². The van der Waals surface area contributed by atoms with Crippen molar-refractivity contribution in [1.29, 1.82) is 0 Å². The topological polar surface area (TPSA) is 57.2 Å². The van der Waals surface area contributed by atoms with Crippen LogP contribution in [-0.2, 0) is 28.9 Å². The van der Waals surface area contributed by atoms with E-state index in [9.17, 15) is 4.55 Å². The zero-order valence-electron chi connectivity index (χ0n) is 24.3. The van der Waals surface area contributed by atoms with E-state index in [1.54, 1.807) is 6.20 Å². The molecule has 0 fully saturated rings. The lowest BCUT2D eigenvalue weighted by Gasteiger charge is -2.36. The third kappa shape index (κ3) is 10.0. The van der Waals surface area contributed by atoms with Gasteiger partial charge in [-0.1, -0.05) is 75.8 Å². The molecule has 0 spiro atoms. The smallest absolute Gasteiger partial charge is 0.192 e. The quantitative estimate of drug-likeness (QED) is 0.190. The Kier molecular flexibility index (Phi) is 11.1. The number of hydrogen-bond acceptors (Lipinski definition) is 5. The maximum absolute atomic E-state index is 12.8. The summed E-state index contributed by atoms with van der Waals surface area (Å²) in [4.78, 5) is 5.58. The fourth-order valence-corrected chi connectivity index (χ4v) is 6.31. The monoisotopic (exact) mass is 594 g/mol. The van der Waals surface area contributed by atoms with E-state index in [0.717, 1.165) is 26.6 Å². The van der Waals surface area contributed by atoms with E-state index in [2.05, 4.69) is 86.8 Å². The summed E-state index contributed by atoms with van der Waals surface area (Å²) in [6.45, 7) is 24.7. The average molecular weight is 595 g/mol. The molecule has 1 unspecified atom stereocenters. The van der Waals surface area contributed by atoms with Crippen LogP contribution in [0.2, 0.25) is 42.8 Å². The van der Waals surface area contributed by atoms with Gasteiger partial charge in [-0.3, -0.25) is 0 Å². The number of pyridine rings is 1. The van der Waals surface area contributed by atoms with Crippen molar-refractivity contribution in [2.45, 2.75) is 107 Å². The lowest BCUT2D eigenvalue weighted by molar-refractivity contribution is 0.273. The van der Waals surface area contributed by atoms with Gasteiger partial charge in [0.15, 0.2) is 8.32 Å². The molecule has 0 aliphatic heterocycles. The van der Waals surface area contributed by atoms with Crippen LogP contribution in [0.5, 0.6) is 0 Å². The molecule has 0 radical (unpaired) electrons. The molecule has 0 aliphatic rings. The lowest BCUT2D eigenvalue weighted by Crippen LogP contribution is -2.40. The van der Waals surface area contributed by atoms with Crippen molar-refractivity contribution in [1.82, 2.24) is 9.71 Å². The summed E-state index contributed by atoms with van der Waals surface area (Å²) in [7, 11) is -3.47. The maximum Gasteiger partial charge on any atom is 0.192 e. The molecule has 1 aromatic carbocycles. The van der Waals surface area contributed by atoms with Crippen LogP contribution >= 0.6 is 23.4 Å². The van der Waals surface area contributed by atoms with Gasteiger partial charge in [-0.2, -0.15) is 0 Å². The fourth-order valence-electron chi connectivity index (χ4n) is 2.78. The second-order valence-electron chi connectivity index (χ2n) is 12.8. The molecule has 0 bridgehead atoms.